The quantitative estimate of drug-likeness (QED) is 0.342. The Morgan fingerprint density at radius 3 is 2.89 bits per heavy atom. The van der Waals surface area contributed by atoms with Crippen LogP contribution in [-0.2, 0) is 4.79 Å². The third-order valence-electron chi connectivity index (χ3n) is 5.33. The number of pyridine rings is 1. The molecule has 0 fully saturated rings. The first-order valence-electron chi connectivity index (χ1n) is 10.5. The molecule has 178 valence electrons. The van der Waals surface area contributed by atoms with Gasteiger partial charge >= 0.3 is 6.61 Å². The summed E-state index contributed by atoms with van der Waals surface area (Å²) in [7, 11) is 1.55. The van der Waals surface area contributed by atoms with Crippen LogP contribution in [0, 0.1) is 6.92 Å². The number of carbonyl (C=O) groups is 1. The minimum Gasteiger partial charge on any atom is -0.433 e. The number of thioether (sulfide) groups is 1. The van der Waals surface area contributed by atoms with E-state index in [1.165, 1.54) is 17.8 Å². The molecule has 1 N–H and O–H groups in total. The van der Waals surface area contributed by atoms with Gasteiger partial charge in [0.15, 0.2) is 11.4 Å². The Morgan fingerprint density at radius 2 is 2.09 bits per heavy atom. The summed E-state index contributed by atoms with van der Waals surface area (Å²) in [4.78, 5) is 21.3. The van der Waals surface area contributed by atoms with Crippen molar-refractivity contribution in [1.29, 1.82) is 0 Å². The second-order valence-electron chi connectivity index (χ2n) is 7.50. The number of amides is 1. The summed E-state index contributed by atoms with van der Waals surface area (Å²) in [5, 5.41) is 12.2. The first-order chi connectivity index (χ1) is 16.9. The SMILES string of the molecule is CNC(=O)CSc1ccc(OC(F)F)c(-n2nc(C)c3cnc(-c4cnn5cccnc45)cc32)c1. The van der Waals surface area contributed by atoms with Crippen molar-refractivity contribution in [2.45, 2.75) is 18.4 Å². The molecule has 0 saturated carbocycles. The average molecular weight is 496 g/mol. The molecule has 0 radical (unpaired) electrons. The van der Waals surface area contributed by atoms with Crippen LogP contribution in [0.3, 0.4) is 0 Å². The molecule has 35 heavy (non-hydrogen) atoms. The van der Waals surface area contributed by atoms with Gasteiger partial charge in [0.2, 0.25) is 5.91 Å². The van der Waals surface area contributed by atoms with E-state index in [9.17, 15) is 13.6 Å². The van der Waals surface area contributed by atoms with Gasteiger partial charge in [-0.2, -0.15) is 19.0 Å². The van der Waals surface area contributed by atoms with Crippen LogP contribution >= 0.6 is 11.8 Å². The van der Waals surface area contributed by atoms with Crippen LogP contribution in [0.4, 0.5) is 8.78 Å². The van der Waals surface area contributed by atoms with E-state index >= 15 is 0 Å². The van der Waals surface area contributed by atoms with Crippen LogP contribution in [0.15, 0.2) is 60.0 Å². The van der Waals surface area contributed by atoms with Gasteiger partial charge in [0, 0.05) is 35.9 Å². The lowest BCUT2D eigenvalue weighted by Gasteiger charge is -2.13. The Kier molecular flexibility index (Phi) is 6.03. The Bertz CT molecular complexity index is 1550. The van der Waals surface area contributed by atoms with E-state index in [0.29, 0.717) is 33.1 Å². The molecule has 1 amide bonds. The highest BCUT2D eigenvalue weighted by atomic mass is 32.2. The van der Waals surface area contributed by atoms with Crippen LogP contribution < -0.4 is 10.1 Å². The van der Waals surface area contributed by atoms with Crippen molar-refractivity contribution in [3.63, 3.8) is 0 Å². The van der Waals surface area contributed by atoms with E-state index < -0.39 is 6.61 Å². The summed E-state index contributed by atoms with van der Waals surface area (Å²) in [6.07, 6.45) is 6.82. The Balaban J connectivity index is 1.65. The number of carbonyl (C=O) groups excluding carboxylic acids is 1. The number of benzene rings is 1. The van der Waals surface area contributed by atoms with E-state index in [1.807, 2.05) is 13.0 Å². The van der Waals surface area contributed by atoms with E-state index in [1.54, 1.807) is 59.2 Å². The summed E-state index contributed by atoms with van der Waals surface area (Å²) >= 11 is 1.28. The van der Waals surface area contributed by atoms with Crippen LogP contribution in [0.25, 0.3) is 33.5 Å². The van der Waals surface area contributed by atoms with Gasteiger partial charge in [-0.1, -0.05) is 0 Å². The molecule has 0 unspecified atom stereocenters. The van der Waals surface area contributed by atoms with E-state index in [4.69, 9.17) is 4.74 Å². The fourth-order valence-electron chi connectivity index (χ4n) is 3.66. The number of nitrogens with one attached hydrogen (secondary N) is 1. The number of nitrogens with zero attached hydrogens (tertiary/aromatic N) is 6. The van der Waals surface area contributed by atoms with Crippen molar-refractivity contribution in [2.24, 2.45) is 0 Å². The number of alkyl halides is 2. The molecule has 0 aliphatic carbocycles. The highest BCUT2D eigenvalue weighted by molar-refractivity contribution is 8.00. The van der Waals surface area contributed by atoms with Crippen molar-refractivity contribution < 1.29 is 18.3 Å². The Hall–Kier alpha value is -4.06. The monoisotopic (exact) mass is 495 g/mol. The van der Waals surface area contributed by atoms with Gasteiger partial charge in [-0.3, -0.25) is 9.78 Å². The molecule has 4 aromatic heterocycles. The van der Waals surface area contributed by atoms with Crippen molar-refractivity contribution in [3.05, 3.63) is 60.8 Å². The lowest BCUT2D eigenvalue weighted by Crippen LogP contribution is -2.19. The number of halogens is 2. The van der Waals surface area contributed by atoms with Gasteiger partial charge in [-0.25, -0.2) is 14.2 Å². The molecule has 0 spiro atoms. The normalized spacial score (nSPS) is 11.5. The zero-order valence-corrected chi connectivity index (χ0v) is 19.5. The van der Waals surface area contributed by atoms with Gasteiger partial charge in [-0.15, -0.1) is 11.8 Å². The molecule has 0 saturated heterocycles. The summed E-state index contributed by atoms with van der Waals surface area (Å²) in [5.74, 6) is -0.00748. The van der Waals surface area contributed by atoms with Crippen molar-refractivity contribution in [2.75, 3.05) is 12.8 Å². The molecule has 4 heterocycles. The number of aryl methyl sites for hydroxylation is 1. The number of fused-ring (bicyclic) bond motifs is 2. The highest BCUT2D eigenvalue weighted by Crippen LogP contribution is 2.34. The first-order valence-corrected chi connectivity index (χ1v) is 11.5. The van der Waals surface area contributed by atoms with Gasteiger partial charge in [-0.05, 0) is 37.3 Å². The zero-order chi connectivity index (χ0) is 24.5. The predicted octanol–water partition coefficient (Wildman–Crippen LogP) is 3.88. The number of hydrogen-bond acceptors (Lipinski definition) is 7. The molecule has 0 aliphatic rings. The van der Waals surface area contributed by atoms with Gasteiger partial charge in [0.1, 0.15) is 5.69 Å². The zero-order valence-electron chi connectivity index (χ0n) is 18.6. The number of hydrogen-bond donors (Lipinski definition) is 1. The van der Waals surface area contributed by atoms with Crippen molar-refractivity contribution in [1.82, 2.24) is 34.7 Å². The molecular formula is C23H19F2N7O2S. The number of rotatable bonds is 7. The third kappa shape index (κ3) is 4.39. The maximum absolute atomic E-state index is 13.2. The number of aromatic nitrogens is 6. The van der Waals surface area contributed by atoms with Gasteiger partial charge < -0.3 is 10.1 Å². The third-order valence-corrected chi connectivity index (χ3v) is 6.32. The van der Waals surface area contributed by atoms with Crippen molar-refractivity contribution >= 4 is 34.2 Å². The van der Waals surface area contributed by atoms with Crippen LogP contribution in [-0.4, -0.2) is 54.7 Å². The lowest BCUT2D eigenvalue weighted by atomic mass is 10.1. The standard InChI is InChI=1S/C23H19F2N7O2S/c1-13-15-10-28-17(16-11-29-31-7-3-6-27-22(16)31)9-18(15)32(30-13)19-8-14(35-12-21(33)26-2)4-5-20(19)34-23(24)25/h3-11,23H,12H2,1-2H3,(H,26,33). The first kappa shape index (κ1) is 22.7. The molecule has 5 aromatic rings. The van der Waals surface area contributed by atoms with E-state index in [0.717, 1.165) is 10.9 Å². The summed E-state index contributed by atoms with van der Waals surface area (Å²) in [6, 6.07) is 8.35. The second kappa shape index (κ2) is 9.29. The number of ether oxygens (including phenoxy) is 1. The van der Waals surface area contributed by atoms with Crippen LogP contribution in [0.5, 0.6) is 5.75 Å². The molecule has 1 aromatic carbocycles. The topological polar surface area (TPSA) is 99.2 Å². The summed E-state index contributed by atoms with van der Waals surface area (Å²) < 4.78 is 34.4. The fourth-order valence-corrected chi connectivity index (χ4v) is 4.47. The predicted molar refractivity (Wildman–Crippen MR) is 127 cm³/mol. The average Bonchev–Trinajstić information content (AvgIpc) is 3.43. The smallest absolute Gasteiger partial charge is 0.387 e. The molecule has 12 heteroatoms. The minimum absolute atomic E-state index is 0.0373. The highest BCUT2D eigenvalue weighted by Gasteiger charge is 2.19. The van der Waals surface area contributed by atoms with Crippen LogP contribution in [0.1, 0.15) is 5.69 Å². The molecule has 0 atom stereocenters. The van der Waals surface area contributed by atoms with Gasteiger partial charge in [0.25, 0.3) is 0 Å². The Morgan fingerprint density at radius 1 is 1.23 bits per heavy atom. The summed E-state index contributed by atoms with van der Waals surface area (Å²) in [6.45, 7) is -1.20. The molecular weight excluding hydrogens is 476 g/mol. The molecule has 0 bridgehead atoms. The minimum atomic E-state index is -3.01. The van der Waals surface area contributed by atoms with E-state index in [2.05, 4.69) is 25.5 Å². The molecule has 0 aliphatic heterocycles. The summed E-state index contributed by atoms with van der Waals surface area (Å²) in [5.41, 5.74) is 3.60. The van der Waals surface area contributed by atoms with Gasteiger partial charge in [0.05, 0.1) is 34.4 Å². The van der Waals surface area contributed by atoms with E-state index in [-0.39, 0.29) is 17.4 Å². The lowest BCUT2D eigenvalue weighted by molar-refractivity contribution is -0.118. The van der Waals surface area contributed by atoms with Crippen molar-refractivity contribution in [3.8, 4) is 22.7 Å². The molecule has 5 rings (SSSR count). The maximum atomic E-state index is 13.2. The maximum Gasteiger partial charge on any atom is 0.387 e. The Labute approximate surface area is 202 Å². The fraction of sp³-hybridized carbons (Fsp3) is 0.174. The largest absolute Gasteiger partial charge is 0.433 e. The van der Waals surface area contributed by atoms with Crippen LogP contribution in [0.2, 0.25) is 0 Å². The second-order valence-corrected chi connectivity index (χ2v) is 8.55. The molecule has 9 nitrogen and oxygen atoms in total.